The summed E-state index contributed by atoms with van der Waals surface area (Å²) < 4.78 is 0. The molecule has 1 aromatic rings. The number of carbonyl (C=O) groups is 1. The van der Waals surface area contributed by atoms with E-state index in [1.807, 2.05) is 4.90 Å². The van der Waals surface area contributed by atoms with E-state index in [0.29, 0.717) is 19.5 Å². The monoisotopic (exact) mass is 290 g/mol. The van der Waals surface area contributed by atoms with E-state index < -0.39 is 6.10 Å². The van der Waals surface area contributed by atoms with E-state index in [9.17, 15) is 9.90 Å². The van der Waals surface area contributed by atoms with Gasteiger partial charge in [-0.05, 0) is 12.8 Å². The molecule has 0 spiro atoms. The average Bonchev–Trinajstić information content (AvgIpc) is 3.11. The van der Waals surface area contributed by atoms with Crippen LogP contribution < -0.4 is 0 Å². The first-order chi connectivity index (χ1) is 10.2. The minimum atomic E-state index is -0.423. The molecule has 3 rings (SSSR count). The quantitative estimate of drug-likeness (QED) is 0.862. The zero-order valence-electron chi connectivity index (χ0n) is 12.2. The summed E-state index contributed by atoms with van der Waals surface area (Å²) in [5, 5.41) is 10.2. The van der Waals surface area contributed by atoms with Crippen molar-refractivity contribution in [3.05, 3.63) is 24.3 Å². The van der Waals surface area contributed by atoms with Crippen LogP contribution >= 0.6 is 0 Å². The predicted octanol–water partition coefficient (Wildman–Crippen LogP) is 0.282. The van der Waals surface area contributed by atoms with Gasteiger partial charge in [-0.1, -0.05) is 0 Å². The van der Waals surface area contributed by atoms with Crippen molar-refractivity contribution in [3.8, 4) is 0 Å². The Labute approximate surface area is 124 Å². The lowest BCUT2D eigenvalue weighted by Gasteiger charge is -2.19. The molecule has 3 heterocycles. The molecule has 1 aromatic heterocycles. The van der Waals surface area contributed by atoms with Crippen LogP contribution in [0.2, 0.25) is 0 Å². The minimum Gasteiger partial charge on any atom is -0.391 e. The molecule has 0 bridgehead atoms. The van der Waals surface area contributed by atoms with Crippen molar-refractivity contribution in [1.82, 2.24) is 19.8 Å². The SMILES string of the molecule is O=C(C[C@H]1CN(Cc2cnccn2)C[C@@H]1O)N1CCCC1. The van der Waals surface area contributed by atoms with Gasteiger partial charge >= 0.3 is 0 Å². The lowest BCUT2D eigenvalue weighted by molar-refractivity contribution is -0.131. The minimum absolute atomic E-state index is 0.0368. The molecule has 6 heteroatoms. The second-order valence-corrected chi connectivity index (χ2v) is 6.01. The molecule has 0 aromatic carbocycles. The summed E-state index contributed by atoms with van der Waals surface area (Å²) >= 11 is 0. The van der Waals surface area contributed by atoms with Gasteiger partial charge in [0.15, 0.2) is 0 Å². The van der Waals surface area contributed by atoms with E-state index in [-0.39, 0.29) is 11.8 Å². The number of carbonyl (C=O) groups excluding carboxylic acids is 1. The fourth-order valence-corrected chi connectivity index (χ4v) is 3.23. The lowest BCUT2D eigenvalue weighted by Crippen LogP contribution is -2.32. The lowest BCUT2D eigenvalue weighted by atomic mass is 10.0. The van der Waals surface area contributed by atoms with Gasteiger partial charge in [-0.15, -0.1) is 0 Å². The molecular weight excluding hydrogens is 268 g/mol. The standard InChI is InChI=1S/C15H22N4O2/c20-14-11-18(10-13-8-16-3-4-17-13)9-12(14)7-15(21)19-5-1-2-6-19/h3-4,8,12,14,20H,1-2,5-7,9-11H2/t12-,14-/m0/s1. The number of aromatic nitrogens is 2. The maximum atomic E-state index is 12.2. The van der Waals surface area contributed by atoms with Gasteiger partial charge in [-0.2, -0.15) is 0 Å². The van der Waals surface area contributed by atoms with Crippen LogP contribution in [0.5, 0.6) is 0 Å². The van der Waals surface area contributed by atoms with Crippen molar-refractivity contribution in [2.24, 2.45) is 5.92 Å². The molecule has 2 saturated heterocycles. The normalized spacial score (nSPS) is 26.4. The number of rotatable bonds is 4. The van der Waals surface area contributed by atoms with E-state index in [2.05, 4.69) is 14.9 Å². The molecule has 21 heavy (non-hydrogen) atoms. The zero-order valence-corrected chi connectivity index (χ0v) is 12.2. The number of nitrogens with zero attached hydrogens (tertiary/aromatic N) is 4. The van der Waals surface area contributed by atoms with E-state index in [0.717, 1.165) is 38.2 Å². The van der Waals surface area contributed by atoms with Crippen LogP contribution in [-0.4, -0.2) is 63.1 Å². The second kappa shape index (κ2) is 6.49. The van der Waals surface area contributed by atoms with Gasteiger partial charge in [-0.25, -0.2) is 0 Å². The summed E-state index contributed by atoms with van der Waals surface area (Å²) in [4.78, 5) is 24.6. The van der Waals surface area contributed by atoms with Crippen LogP contribution in [0.15, 0.2) is 18.6 Å². The molecule has 0 radical (unpaired) electrons. The maximum Gasteiger partial charge on any atom is 0.222 e. The summed E-state index contributed by atoms with van der Waals surface area (Å²) in [7, 11) is 0. The number of β-amino-alcohol motifs (C(OH)–C–C–N with tert-alkyl or cyclic N) is 1. The predicted molar refractivity (Wildman–Crippen MR) is 77.2 cm³/mol. The number of hydrogen-bond acceptors (Lipinski definition) is 5. The van der Waals surface area contributed by atoms with Gasteiger partial charge in [0, 0.05) is 63.7 Å². The summed E-state index contributed by atoms with van der Waals surface area (Å²) in [6, 6.07) is 0. The summed E-state index contributed by atoms with van der Waals surface area (Å²) in [5.41, 5.74) is 0.899. The topological polar surface area (TPSA) is 69.6 Å². The number of likely N-dealkylation sites (tertiary alicyclic amines) is 2. The fraction of sp³-hybridized carbons (Fsp3) is 0.667. The molecule has 114 valence electrons. The van der Waals surface area contributed by atoms with Crippen molar-refractivity contribution in [2.45, 2.75) is 31.9 Å². The molecular formula is C15H22N4O2. The Morgan fingerprint density at radius 3 is 2.81 bits per heavy atom. The van der Waals surface area contributed by atoms with E-state index >= 15 is 0 Å². The highest BCUT2D eigenvalue weighted by Crippen LogP contribution is 2.23. The van der Waals surface area contributed by atoms with Crippen molar-refractivity contribution in [3.63, 3.8) is 0 Å². The van der Waals surface area contributed by atoms with E-state index in [4.69, 9.17) is 0 Å². The number of amides is 1. The van der Waals surface area contributed by atoms with Gasteiger partial charge in [0.2, 0.25) is 5.91 Å². The molecule has 2 atom stereocenters. The first kappa shape index (κ1) is 14.4. The van der Waals surface area contributed by atoms with Gasteiger partial charge < -0.3 is 10.0 Å². The Hall–Kier alpha value is -1.53. The average molecular weight is 290 g/mol. The van der Waals surface area contributed by atoms with Crippen LogP contribution in [-0.2, 0) is 11.3 Å². The van der Waals surface area contributed by atoms with Crippen LogP contribution in [0.25, 0.3) is 0 Å². The van der Waals surface area contributed by atoms with Crippen LogP contribution in [0.1, 0.15) is 25.0 Å². The Balaban J connectivity index is 1.52. The van der Waals surface area contributed by atoms with E-state index in [1.54, 1.807) is 18.6 Å². The maximum absolute atomic E-state index is 12.2. The van der Waals surface area contributed by atoms with Crippen molar-refractivity contribution in [2.75, 3.05) is 26.2 Å². The molecule has 0 unspecified atom stereocenters. The Morgan fingerprint density at radius 2 is 2.10 bits per heavy atom. The highest BCUT2D eigenvalue weighted by atomic mass is 16.3. The third-order valence-corrected chi connectivity index (χ3v) is 4.38. The summed E-state index contributed by atoms with van der Waals surface area (Å²) in [5.74, 6) is 0.229. The molecule has 6 nitrogen and oxygen atoms in total. The van der Waals surface area contributed by atoms with Gasteiger partial charge in [-0.3, -0.25) is 19.7 Å². The molecule has 2 aliphatic heterocycles. The van der Waals surface area contributed by atoms with E-state index in [1.165, 1.54) is 0 Å². The number of hydrogen-bond donors (Lipinski definition) is 1. The van der Waals surface area contributed by atoms with Crippen LogP contribution in [0, 0.1) is 5.92 Å². The molecule has 0 saturated carbocycles. The highest BCUT2D eigenvalue weighted by Gasteiger charge is 2.34. The van der Waals surface area contributed by atoms with Crippen molar-refractivity contribution >= 4 is 5.91 Å². The van der Waals surface area contributed by atoms with Gasteiger partial charge in [0.1, 0.15) is 0 Å². The van der Waals surface area contributed by atoms with Crippen LogP contribution in [0.3, 0.4) is 0 Å². The smallest absolute Gasteiger partial charge is 0.222 e. The highest BCUT2D eigenvalue weighted by molar-refractivity contribution is 5.76. The van der Waals surface area contributed by atoms with Crippen molar-refractivity contribution < 1.29 is 9.90 Å². The Bertz CT molecular complexity index is 476. The third kappa shape index (κ3) is 3.57. The molecule has 1 amide bonds. The summed E-state index contributed by atoms with van der Waals surface area (Å²) in [6.45, 7) is 3.79. The first-order valence-electron chi connectivity index (χ1n) is 7.65. The molecule has 2 fully saturated rings. The Kier molecular flexibility index (Phi) is 4.45. The number of aliphatic hydroxyl groups excluding tert-OH is 1. The van der Waals surface area contributed by atoms with Gasteiger partial charge in [0.25, 0.3) is 0 Å². The fourth-order valence-electron chi connectivity index (χ4n) is 3.23. The van der Waals surface area contributed by atoms with Gasteiger partial charge in [0.05, 0.1) is 11.8 Å². The molecule has 0 aliphatic carbocycles. The third-order valence-electron chi connectivity index (χ3n) is 4.38. The largest absolute Gasteiger partial charge is 0.391 e. The summed E-state index contributed by atoms with van der Waals surface area (Å²) in [6.07, 6.45) is 7.33. The molecule has 1 N–H and O–H groups in total. The number of aliphatic hydroxyl groups is 1. The zero-order chi connectivity index (χ0) is 14.7. The molecule has 2 aliphatic rings. The first-order valence-corrected chi connectivity index (χ1v) is 7.65. The Morgan fingerprint density at radius 1 is 1.29 bits per heavy atom. The van der Waals surface area contributed by atoms with Crippen molar-refractivity contribution in [1.29, 1.82) is 0 Å². The van der Waals surface area contributed by atoms with Crippen LogP contribution in [0.4, 0.5) is 0 Å². The second-order valence-electron chi connectivity index (χ2n) is 6.01.